The van der Waals surface area contributed by atoms with Crippen molar-refractivity contribution in [2.24, 2.45) is 0 Å². The molecule has 2 aromatic rings. The van der Waals surface area contributed by atoms with Gasteiger partial charge in [0.25, 0.3) is 10.0 Å². The Hall–Kier alpha value is -0.890. The molecule has 7 heteroatoms. The largest absolute Gasteiger partial charge is 0.391 e. The van der Waals surface area contributed by atoms with Gasteiger partial charge in [-0.25, -0.2) is 8.42 Å². The zero-order valence-electron chi connectivity index (χ0n) is 10.1. The van der Waals surface area contributed by atoms with E-state index in [-0.39, 0.29) is 10.8 Å². The second kappa shape index (κ2) is 5.62. The first-order chi connectivity index (χ1) is 8.92. The molecule has 1 aromatic heterocycles. The van der Waals surface area contributed by atoms with Crippen molar-refractivity contribution in [2.45, 2.75) is 17.7 Å². The monoisotopic (exact) mass is 361 g/mol. The van der Waals surface area contributed by atoms with Gasteiger partial charge in [0.05, 0.1) is 6.61 Å². The van der Waals surface area contributed by atoms with Crippen LogP contribution in [0.1, 0.15) is 10.4 Å². The van der Waals surface area contributed by atoms with Crippen LogP contribution in [0, 0.1) is 6.92 Å². The average molecular weight is 362 g/mol. The third-order valence-electron chi connectivity index (χ3n) is 2.50. The van der Waals surface area contributed by atoms with E-state index in [0.29, 0.717) is 10.6 Å². The van der Waals surface area contributed by atoms with Crippen molar-refractivity contribution < 1.29 is 13.5 Å². The van der Waals surface area contributed by atoms with Gasteiger partial charge >= 0.3 is 0 Å². The molecule has 0 bridgehead atoms. The van der Waals surface area contributed by atoms with E-state index in [0.717, 1.165) is 21.4 Å². The Balaban J connectivity index is 2.29. The molecular formula is C12H12BrNO3S2. The van der Waals surface area contributed by atoms with Crippen LogP contribution >= 0.6 is 27.3 Å². The first kappa shape index (κ1) is 14.5. The molecule has 0 unspecified atom stereocenters. The molecule has 0 aliphatic rings. The molecule has 0 aliphatic heterocycles. The summed E-state index contributed by atoms with van der Waals surface area (Å²) in [5.41, 5.74) is 1.28. The van der Waals surface area contributed by atoms with Crippen LogP contribution in [0.15, 0.2) is 39.0 Å². The molecule has 1 heterocycles. The number of nitrogens with one attached hydrogen (secondary N) is 1. The Morgan fingerprint density at radius 2 is 1.95 bits per heavy atom. The number of hydrogen-bond donors (Lipinski definition) is 2. The fourth-order valence-electron chi connectivity index (χ4n) is 1.50. The first-order valence-electron chi connectivity index (χ1n) is 5.41. The van der Waals surface area contributed by atoms with E-state index >= 15 is 0 Å². The number of thiophene rings is 1. The van der Waals surface area contributed by atoms with Crippen molar-refractivity contribution >= 4 is 43.0 Å². The Morgan fingerprint density at radius 1 is 1.32 bits per heavy atom. The minimum Gasteiger partial charge on any atom is -0.391 e. The molecule has 0 radical (unpaired) electrons. The molecule has 0 saturated heterocycles. The van der Waals surface area contributed by atoms with Crippen LogP contribution in [-0.4, -0.2) is 13.5 Å². The summed E-state index contributed by atoms with van der Waals surface area (Å²) in [6.45, 7) is 1.63. The predicted octanol–water partition coefficient (Wildman–Crippen LogP) is 3.11. The third-order valence-corrected chi connectivity index (χ3v) is 6.11. The Bertz CT molecular complexity index is 678. The highest BCUT2D eigenvalue weighted by Crippen LogP contribution is 2.27. The summed E-state index contributed by atoms with van der Waals surface area (Å²) in [7, 11) is -3.60. The van der Waals surface area contributed by atoms with Gasteiger partial charge in [-0.05, 0) is 42.8 Å². The van der Waals surface area contributed by atoms with Gasteiger partial charge in [-0.1, -0.05) is 15.9 Å². The van der Waals surface area contributed by atoms with Gasteiger partial charge in [-0.2, -0.15) is 0 Å². The third kappa shape index (κ3) is 3.36. The molecule has 0 spiro atoms. The molecule has 0 saturated carbocycles. The van der Waals surface area contributed by atoms with Crippen molar-refractivity contribution in [3.63, 3.8) is 0 Å². The SMILES string of the molecule is Cc1cc(S(=O)(=O)Nc2ccc(Br)cc2)sc1CO. The molecule has 0 fully saturated rings. The number of hydrogen-bond acceptors (Lipinski definition) is 4. The molecule has 102 valence electrons. The molecule has 0 amide bonds. The first-order valence-corrected chi connectivity index (χ1v) is 8.50. The maximum Gasteiger partial charge on any atom is 0.271 e. The zero-order chi connectivity index (χ0) is 14.0. The van der Waals surface area contributed by atoms with Crippen molar-refractivity contribution in [3.8, 4) is 0 Å². The summed E-state index contributed by atoms with van der Waals surface area (Å²) in [6.07, 6.45) is 0. The minimum absolute atomic E-state index is 0.149. The van der Waals surface area contributed by atoms with Crippen molar-refractivity contribution in [1.29, 1.82) is 0 Å². The summed E-state index contributed by atoms with van der Waals surface area (Å²) < 4.78 is 27.9. The molecule has 0 atom stereocenters. The number of sulfonamides is 1. The van der Waals surface area contributed by atoms with Crippen LogP contribution in [0.2, 0.25) is 0 Å². The van der Waals surface area contributed by atoms with Gasteiger partial charge < -0.3 is 5.11 Å². The number of halogens is 1. The molecule has 1 aromatic carbocycles. The lowest BCUT2D eigenvalue weighted by Crippen LogP contribution is -2.11. The highest BCUT2D eigenvalue weighted by molar-refractivity contribution is 9.10. The standard InChI is InChI=1S/C12H12BrNO3S2/c1-8-6-12(18-11(8)7-15)19(16,17)14-10-4-2-9(13)3-5-10/h2-6,14-15H,7H2,1H3. The van der Waals surface area contributed by atoms with Gasteiger partial charge in [-0.3, -0.25) is 4.72 Å². The van der Waals surface area contributed by atoms with Crippen molar-refractivity contribution in [2.75, 3.05) is 4.72 Å². The zero-order valence-corrected chi connectivity index (χ0v) is 13.3. The van der Waals surface area contributed by atoms with Crippen molar-refractivity contribution in [3.05, 3.63) is 45.2 Å². The summed E-state index contributed by atoms with van der Waals surface area (Å²) >= 11 is 4.37. The summed E-state index contributed by atoms with van der Waals surface area (Å²) in [5, 5.41) is 9.11. The number of rotatable bonds is 4. The molecular weight excluding hydrogens is 350 g/mol. The van der Waals surface area contributed by atoms with Gasteiger partial charge in [0.2, 0.25) is 0 Å². The lowest BCUT2D eigenvalue weighted by molar-refractivity contribution is 0.285. The highest BCUT2D eigenvalue weighted by atomic mass is 79.9. The normalized spacial score (nSPS) is 11.5. The maximum atomic E-state index is 12.2. The minimum atomic E-state index is -3.60. The summed E-state index contributed by atoms with van der Waals surface area (Å²) in [4.78, 5) is 0.663. The smallest absolute Gasteiger partial charge is 0.271 e. The van der Waals surface area contributed by atoms with Crippen LogP contribution < -0.4 is 4.72 Å². The van der Waals surface area contributed by atoms with Crippen LogP contribution in [0.3, 0.4) is 0 Å². The second-order valence-corrected chi connectivity index (χ2v) is 7.90. The average Bonchev–Trinajstić information content (AvgIpc) is 2.74. The van der Waals surface area contributed by atoms with Gasteiger partial charge in [0.15, 0.2) is 0 Å². The fraction of sp³-hybridized carbons (Fsp3) is 0.167. The fourth-order valence-corrected chi connectivity index (χ4v) is 4.27. The molecule has 19 heavy (non-hydrogen) atoms. The maximum absolute atomic E-state index is 12.2. The number of aryl methyl sites for hydroxylation is 1. The topological polar surface area (TPSA) is 66.4 Å². The number of anilines is 1. The van der Waals surface area contributed by atoms with Crippen LogP contribution in [0.5, 0.6) is 0 Å². The van der Waals surface area contributed by atoms with E-state index < -0.39 is 10.0 Å². The van der Waals surface area contributed by atoms with Gasteiger partial charge in [0.1, 0.15) is 4.21 Å². The number of aliphatic hydroxyl groups is 1. The lowest BCUT2D eigenvalue weighted by atomic mass is 10.3. The van der Waals surface area contributed by atoms with Crippen LogP contribution in [0.25, 0.3) is 0 Å². The second-order valence-electron chi connectivity index (χ2n) is 3.94. The molecule has 2 N–H and O–H groups in total. The highest BCUT2D eigenvalue weighted by Gasteiger charge is 2.18. The van der Waals surface area contributed by atoms with E-state index in [1.165, 1.54) is 0 Å². The Kier molecular flexibility index (Phi) is 4.29. The van der Waals surface area contributed by atoms with Gasteiger partial charge in [-0.15, -0.1) is 11.3 Å². The lowest BCUT2D eigenvalue weighted by Gasteiger charge is -2.05. The molecule has 2 rings (SSSR count). The van der Waals surface area contributed by atoms with Crippen molar-refractivity contribution in [1.82, 2.24) is 0 Å². The quantitative estimate of drug-likeness (QED) is 0.878. The van der Waals surface area contributed by atoms with E-state index in [1.54, 1.807) is 37.3 Å². The van der Waals surface area contributed by atoms with E-state index in [1.807, 2.05) is 0 Å². The Labute approximate surface area is 124 Å². The predicted molar refractivity (Wildman–Crippen MR) is 79.9 cm³/mol. The summed E-state index contributed by atoms with van der Waals surface area (Å²) in [5.74, 6) is 0. The molecule has 0 aliphatic carbocycles. The van der Waals surface area contributed by atoms with Crippen LogP contribution in [0.4, 0.5) is 5.69 Å². The van der Waals surface area contributed by atoms with Gasteiger partial charge in [0, 0.05) is 15.0 Å². The van der Waals surface area contributed by atoms with E-state index in [2.05, 4.69) is 20.7 Å². The number of aliphatic hydroxyl groups excluding tert-OH is 1. The Morgan fingerprint density at radius 3 is 2.47 bits per heavy atom. The van der Waals surface area contributed by atoms with E-state index in [9.17, 15) is 8.42 Å². The molecule has 4 nitrogen and oxygen atoms in total. The van der Waals surface area contributed by atoms with Crippen LogP contribution in [-0.2, 0) is 16.6 Å². The number of benzene rings is 1. The summed E-state index contributed by atoms with van der Waals surface area (Å²) in [6, 6.07) is 8.44. The van der Waals surface area contributed by atoms with E-state index in [4.69, 9.17) is 5.11 Å².